The molecule has 0 aliphatic carbocycles. The first kappa shape index (κ1) is 14.2. The smallest absolute Gasteiger partial charge is 0.224 e. The number of aromatic nitrogens is 5. The fraction of sp³-hybridized carbons (Fsp3) is 0.333. The van der Waals surface area contributed by atoms with Crippen LogP contribution in [0.1, 0.15) is 16.8 Å². The molecular weight excluding hydrogens is 278 g/mol. The molecule has 0 spiro atoms. The van der Waals surface area contributed by atoms with E-state index in [0.717, 1.165) is 33.7 Å². The molecule has 3 heterocycles. The molecule has 0 aliphatic heterocycles. The van der Waals surface area contributed by atoms with Crippen molar-refractivity contribution in [2.45, 2.75) is 20.4 Å². The van der Waals surface area contributed by atoms with Crippen LogP contribution in [0.3, 0.4) is 0 Å². The van der Waals surface area contributed by atoms with Gasteiger partial charge in [0, 0.05) is 44.3 Å². The Morgan fingerprint density at radius 3 is 2.59 bits per heavy atom. The van der Waals surface area contributed by atoms with Gasteiger partial charge in [0.15, 0.2) is 11.5 Å². The van der Waals surface area contributed by atoms with Crippen LogP contribution >= 0.6 is 0 Å². The Morgan fingerprint density at radius 1 is 1.18 bits per heavy atom. The third-order valence-corrected chi connectivity index (χ3v) is 3.41. The molecule has 0 saturated heterocycles. The zero-order valence-electron chi connectivity index (χ0n) is 13.2. The SMILES string of the molecule is Cc1cc(C)c2c(NCc3cnc(N(C)C)nc3)n[nH]c2n1. The van der Waals surface area contributed by atoms with E-state index < -0.39 is 0 Å². The number of hydrogen-bond acceptors (Lipinski definition) is 6. The van der Waals surface area contributed by atoms with E-state index >= 15 is 0 Å². The third kappa shape index (κ3) is 2.69. The van der Waals surface area contributed by atoms with Crippen molar-refractivity contribution in [3.8, 4) is 0 Å². The predicted molar refractivity (Wildman–Crippen MR) is 87.0 cm³/mol. The summed E-state index contributed by atoms with van der Waals surface area (Å²) < 4.78 is 0. The monoisotopic (exact) mass is 297 g/mol. The number of nitrogens with zero attached hydrogens (tertiary/aromatic N) is 5. The fourth-order valence-corrected chi connectivity index (χ4v) is 2.37. The summed E-state index contributed by atoms with van der Waals surface area (Å²) in [4.78, 5) is 14.9. The number of anilines is 2. The van der Waals surface area contributed by atoms with E-state index in [1.54, 1.807) is 0 Å². The Balaban J connectivity index is 1.79. The second kappa shape index (κ2) is 5.59. The lowest BCUT2D eigenvalue weighted by Crippen LogP contribution is -2.13. The van der Waals surface area contributed by atoms with Crippen LogP contribution in [-0.4, -0.2) is 39.2 Å². The average Bonchev–Trinajstić information content (AvgIpc) is 2.88. The number of rotatable bonds is 4. The molecule has 0 saturated carbocycles. The van der Waals surface area contributed by atoms with Gasteiger partial charge < -0.3 is 10.2 Å². The first-order chi connectivity index (χ1) is 10.5. The highest BCUT2D eigenvalue weighted by Crippen LogP contribution is 2.23. The zero-order valence-corrected chi connectivity index (χ0v) is 13.2. The number of hydrogen-bond donors (Lipinski definition) is 2. The van der Waals surface area contributed by atoms with Crippen LogP contribution in [0.4, 0.5) is 11.8 Å². The van der Waals surface area contributed by atoms with Gasteiger partial charge in [-0.2, -0.15) is 5.10 Å². The van der Waals surface area contributed by atoms with E-state index in [9.17, 15) is 0 Å². The van der Waals surface area contributed by atoms with Gasteiger partial charge in [-0.25, -0.2) is 15.0 Å². The van der Waals surface area contributed by atoms with Crippen molar-refractivity contribution < 1.29 is 0 Å². The molecule has 3 aromatic rings. The van der Waals surface area contributed by atoms with Crippen molar-refractivity contribution in [2.75, 3.05) is 24.3 Å². The minimum atomic E-state index is 0.612. The summed E-state index contributed by atoms with van der Waals surface area (Å²) in [7, 11) is 3.84. The van der Waals surface area contributed by atoms with Crippen LogP contribution in [0.2, 0.25) is 0 Å². The van der Waals surface area contributed by atoms with Gasteiger partial charge in [-0.15, -0.1) is 0 Å². The van der Waals surface area contributed by atoms with Crippen LogP contribution < -0.4 is 10.2 Å². The molecule has 0 aliphatic rings. The summed E-state index contributed by atoms with van der Waals surface area (Å²) in [6, 6.07) is 2.05. The summed E-state index contributed by atoms with van der Waals surface area (Å²) in [5.41, 5.74) is 3.93. The first-order valence-corrected chi connectivity index (χ1v) is 7.09. The van der Waals surface area contributed by atoms with E-state index in [2.05, 4.69) is 43.5 Å². The van der Waals surface area contributed by atoms with Gasteiger partial charge in [-0.1, -0.05) is 0 Å². The van der Waals surface area contributed by atoms with Crippen molar-refractivity contribution in [1.82, 2.24) is 25.1 Å². The zero-order chi connectivity index (χ0) is 15.7. The number of aromatic amines is 1. The van der Waals surface area contributed by atoms with Crippen LogP contribution in [0, 0.1) is 13.8 Å². The largest absolute Gasteiger partial charge is 0.364 e. The molecule has 0 bridgehead atoms. The summed E-state index contributed by atoms with van der Waals surface area (Å²) in [6.45, 7) is 4.65. The Hall–Kier alpha value is -2.70. The number of pyridine rings is 1. The Bertz CT molecular complexity index is 790. The second-order valence-corrected chi connectivity index (χ2v) is 5.52. The molecule has 7 heteroatoms. The fourth-order valence-electron chi connectivity index (χ4n) is 2.37. The average molecular weight is 297 g/mol. The summed E-state index contributed by atoms with van der Waals surface area (Å²) >= 11 is 0. The number of nitrogens with one attached hydrogen (secondary N) is 2. The molecule has 0 atom stereocenters. The van der Waals surface area contributed by atoms with Gasteiger partial charge in [-0.3, -0.25) is 5.10 Å². The minimum Gasteiger partial charge on any atom is -0.364 e. The van der Waals surface area contributed by atoms with Crippen molar-refractivity contribution in [3.05, 3.63) is 35.3 Å². The topological polar surface area (TPSA) is 82.6 Å². The third-order valence-electron chi connectivity index (χ3n) is 3.41. The van der Waals surface area contributed by atoms with Crippen molar-refractivity contribution >= 4 is 22.8 Å². The highest BCUT2D eigenvalue weighted by Gasteiger charge is 2.10. The Labute approximate surface area is 128 Å². The van der Waals surface area contributed by atoms with Crippen LogP contribution in [0.15, 0.2) is 18.5 Å². The summed E-state index contributed by atoms with van der Waals surface area (Å²) in [6.07, 6.45) is 3.64. The second-order valence-electron chi connectivity index (χ2n) is 5.52. The Morgan fingerprint density at radius 2 is 1.91 bits per heavy atom. The molecule has 0 fully saturated rings. The molecule has 2 N–H and O–H groups in total. The van der Waals surface area contributed by atoms with E-state index in [1.165, 1.54) is 0 Å². The first-order valence-electron chi connectivity index (χ1n) is 7.09. The molecule has 0 aromatic carbocycles. The van der Waals surface area contributed by atoms with E-state index in [4.69, 9.17) is 0 Å². The molecule has 3 aromatic heterocycles. The number of H-pyrrole nitrogens is 1. The van der Waals surface area contributed by atoms with Crippen LogP contribution in [0.5, 0.6) is 0 Å². The summed E-state index contributed by atoms with van der Waals surface area (Å²) in [5, 5.41) is 11.6. The molecule has 0 amide bonds. The lowest BCUT2D eigenvalue weighted by atomic mass is 10.2. The molecule has 3 rings (SSSR count). The quantitative estimate of drug-likeness (QED) is 0.767. The van der Waals surface area contributed by atoms with Crippen molar-refractivity contribution in [2.24, 2.45) is 0 Å². The highest BCUT2D eigenvalue weighted by atomic mass is 15.2. The maximum atomic E-state index is 4.45. The van der Waals surface area contributed by atoms with Gasteiger partial charge in [0.2, 0.25) is 5.95 Å². The Kier molecular flexibility index (Phi) is 3.62. The van der Waals surface area contributed by atoms with E-state index in [-0.39, 0.29) is 0 Å². The van der Waals surface area contributed by atoms with Crippen LogP contribution in [0.25, 0.3) is 11.0 Å². The van der Waals surface area contributed by atoms with Gasteiger partial charge in [0.05, 0.1) is 5.39 Å². The number of aryl methyl sites for hydroxylation is 2. The maximum Gasteiger partial charge on any atom is 0.224 e. The molecular formula is C15H19N7. The molecule has 0 unspecified atom stereocenters. The van der Waals surface area contributed by atoms with Gasteiger partial charge in [0.25, 0.3) is 0 Å². The molecule has 0 radical (unpaired) electrons. The maximum absolute atomic E-state index is 4.45. The lowest BCUT2D eigenvalue weighted by Gasteiger charge is -2.10. The van der Waals surface area contributed by atoms with Crippen LogP contribution in [-0.2, 0) is 6.54 Å². The normalized spacial score (nSPS) is 10.9. The van der Waals surface area contributed by atoms with Crippen molar-refractivity contribution in [1.29, 1.82) is 0 Å². The minimum absolute atomic E-state index is 0.612. The van der Waals surface area contributed by atoms with E-state index in [1.807, 2.05) is 38.3 Å². The van der Waals surface area contributed by atoms with Crippen molar-refractivity contribution in [3.63, 3.8) is 0 Å². The van der Waals surface area contributed by atoms with E-state index in [0.29, 0.717) is 12.5 Å². The highest BCUT2D eigenvalue weighted by molar-refractivity contribution is 5.90. The molecule has 114 valence electrons. The lowest BCUT2D eigenvalue weighted by molar-refractivity contribution is 0.966. The summed E-state index contributed by atoms with van der Waals surface area (Å²) in [5.74, 6) is 1.50. The van der Waals surface area contributed by atoms with Gasteiger partial charge in [0.1, 0.15) is 0 Å². The number of fused-ring (bicyclic) bond motifs is 1. The molecule has 7 nitrogen and oxygen atoms in total. The standard InChI is InChI=1S/C15H19N7/c1-9-5-10(2)19-14-12(9)13(20-21-14)16-6-11-7-17-15(18-8-11)22(3)4/h5,7-8H,6H2,1-4H3,(H2,16,19,20,21). The molecule has 22 heavy (non-hydrogen) atoms. The predicted octanol–water partition coefficient (Wildman–Crippen LogP) is 2.04. The van der Waals surface area contributed by atoms with Gasteiger partial charge in [-0.05, 0) is 25.5 Å². The van der Waals surface area contributed by atoms with Gasteiger partial charge >= 0.3 is 0 Å².